The van der Waals surface area contributed by atoms with Gasteiger partial charge < -0.3 is 4.90 Å². The second kappa shape index (κ2) is 6.54. The van der Waals surface area contributed by atoms with E-state index in [0.29, 0.717) is 11.4 Å². The number of alkyl halides is 1. The zero-order chi connectivity index (χ0) is 13.9. The fourth-order valence-electron chi connectivity index (χ4n) is 2.23. The summed E-state index contributed by atoms with van der Waals surface area (Å²) < 4.78 is 26.3. The SMILES string of the molecule is CN(CCN1CCCC1)S(=O)(=O)c1ccsc1CCl. The highest BCUT2D eigenvalue weighted by molar-refractivity contribution is 7.89. The van der Waals surface area contributed by atoms with Gasteiger partial charge in [-0.05, 0) is 37.4 Å². The Morgan fingerprint density at radius 1 is 1.42 bits per heavy atom. The molecule has 1 fully saturated rings. The van der Waals surface area contributed by atoms with Crippen molar-refractivity contribution in [1.82, 2.24) is 9.21 Å². The highest BCUT2D eigenvalue weighted by Gasteiger charge is 2.25. The molecule has 19 heavy (non-hydrogen) atoms. The monoisotopic (exact) mass is 322 g/mol. The first-order chi connectivity index (χ1) is 9.05. The molecule has 7 heteroatoms. The number of thiophene rings is 1. The predicted molar refractivity (Wildman–Crippen MR) is 79.4 cm³/mol. The number of likely N-dealkylation sites (tertiary alicyclic amines) is 1. The van der Waals surface area contributed by atoms with Crippen molar-refractivity contribution in [2.24, 2.45) is 0 Å². The van der Waals surface area contributed by atoms with Crippen LogP contribution >= 0.6 is 22.9 Å². The lowest BCUT2D eigenvalue weighted by molar-refractivity contribution is 0.310. The van der Waals surface area contributed by atoms with Gasteiger partial charge in [-0.3, -0.25) is 0 Å². The highest BCUT2D eigenvalue weighted by Crippen LogP contribution is 2.26. The van der Waals surface area contributed by atoms with Gasteiger partial charge in [0.05, 0.1) is 10.8 Å². The molecule has 4 nitrogen and oxygen atoms in total. The van der Waals surface area contributed by atoms with Gasteiger partial charge in [0.1, 0.15) is 0 Å². The Morgan fingerprint density at radius 3 is 2.74 bits per heavy atom. The van der Waals surface area contributed by atoms with Gasteiger partial charge in [0.15, 0.2) is 0 Å². The summed E-state index contributed by atoms with van der Waals surface area (Å²) in [5.41, 5.74) is 0. The molecular formula is C12H19ClN2O2S2. The fourth-order valence-corrected chi connectivity index (χ4v) is 5.06. The number of sulfonamides is 1. The van der Waals surface area contributed by atoms with Crippen molar-refractivity contribution in [2.45, 2.75) is 23.6 Å². The molecule has 0 aromatic carbocycles. The Kier molecular flexibility index (Phi) is 5.25. The van der Waals surface area contributed by atoms with Crippen molar-refractivity contribution in [3.8, 4) is 0 Å². The van der Waals surface area contributed by atoms with Crippen molar-refractivity contribution < 1.29 is 8.42 Å². The van der Waals surface area contributed by atoms with E-state index in [9.17, 15) is 8.42 Å². The lowest BCUT2D eigenvalue weighted by Crippen LogP contribution is -2.35. The predicted octanol–water partition coefficient (Wildman–Crippen LogP) is 2.20. The minimum atomic E-state index is -3.40. The molecular weight excluding hydrogens is 304 g/mol. The Hall–Kier alpha value is -0.140. The van der Waals surface area contributed by atoms with Crippen molar-refractivity contribution in [3.63, 3.8) is 0 Å². The van der Waals surface area contributed by atoms with Gasteiger partial charge in [-0.15, -0.1) is 22.9 Å². The van der Waals surface area contributed by atoms with E-state index in [0.717, 1.165) is 24.5 Å². The largest absolute Gasteiger partial charge is 0.302 e. The maximum Gasteiger partial charge on any atom is 0.244 e. The maximum absolute atomic E-state index is 12.4. The van der Waals surface area contributed by atoms with Gasteiger partial charge in [0.2, 0.25) is 10.0 Å². The van der Waals surface area contributed by atoms with Gasteiger partial charge in [0, 0.05) is 25.0 Å². The van der Waals surface area contributed by atoms with Crippen LogP contribution in [0.4, 0.5) is 0 Å². The smallest absolute Gasteiger partial charge is 0.244 e. The average Bonchev–Trinajstić information content (AvgIpc) is 3.06. The molecule has 0 bridgehead atoms. The van der Waals surface area contributed by atoms with Crippen LogP contribution in [0, 0.1) is 0 Å². The average molecular weight is 323 g/mol. The summed E-state index contributed by atoms with van der Waals surface area (Å²) >= 11 is 7.17. The Balaban J connectivity index is 2.02. The standard InChI is InChI=1S/C12H19ClN2O2S2/c1-14(7-8-15-5-2-3-6-15)19(16,17)12-4-9-18-11(12)10-13/h4,9H,2-3,5-8,10H2,1H3. The van der Waals surface area contributed by atoms with Gasteiger partial charge in [-0.25, -0.2) is 8.42 Å². The molecule has 0 amide bonds. The third-order valence-electron chi connectivity index (χ3n) is 3.44. The van der Waals surface area contributed by atoms with E-state index < -0.39 is 10.0 Å². The van der Waals surface area contributed by atoms with Crippen LogP contribution in [0.5, 0.6) is 0 Å². The summed E-state index contributed by atoms with van der Waals surface area (Å²) in [4.78, 5) is 3.38. The number of hydrogen-bond acceptors (Lipinski definition) is 4. The zero-order valence-electron chi connectivity index (χ0n) is 11.0. The van der Waals surface area contributed by atoms with E-state index in [1.807, 2.05) is 0 Å². The second-order valence-corrected chi connectivity index (χ2v) is 8.00. The van der Waals surface area contributed by atoms with Crippen molar-refractivity contribution in [1.29, 1.82) is 0 Å². The lowest BCUT2D eigenvalue weighted by atomic mass is 10.4. The number of hydrogen-bond donors (Lipinski definition) is 0. The Morgan fingerprint density at radius 2 is 2.11 bits per heavy atom. The van der Waals surface area contributed by atoms with Crippen LogP contribution in [0.1, 0.15) is 17.7 Å². The van der Waals surface area contributed by atoms with Gasteiger partial charge in [-0.2, -0.15) is 4.31 Å². The van der Waals surface area contributed by atoms with E-state index in [-0.39, 0.29) is 5.88 Å². The van der Waals surface area contributed by atoms with Crippen LogP contribution in [-0.4, -0.2) is 50.8 Å². The Labute approximate surface area is 124 Å². The van der Waals surface area contributed by atoms with Gasteiger partial charge >= 0.3 is 0 Å². The molecule has 0 atom stereocenters. The van der Waals surface area contributed by atoms with E-state index in [4.69, 9.17) is 11.6 Å². The number of nitrogens with zero attached hydrogens (tertiary/aromatic N) is 2. The third-order valence-corrected chi connectivity index (χ3v) is 6.86. The van der Waals surface area contributed by atoms with Crippen LogP contribution in [0.15, 0.2) is 16.3 Å². The van der Waals surface area contributed by atoms with E-state index in [2.05, 4.69) is 4.90 Å². The molecule has 108 valence electrons. The van der Waals surface area contributed by atoms with E-state index >= 15 is 0 Å². The molecule has 0 aliphatic carbocycles. The zero-order valence-corrected chi connectivity index (χ0v) is 13.4. The molecule has 2 rings (SSSR count). The first kappa shape index (κ1) is 15.3. The first-order valence-electron chi connectivity index (χ1n) is 6.36. The van der Waals surface area contributed by atoms with Gasteiger partial charge in [0.25, 0.3) is 0 Å². The molecule has 1 aliphatic rings. The minimum absolute atomic E-state index is 0.242. The van der Waals surface area contributed by atoms with Crippen LogP contribution in [-0.2, 0) is 15.9 Å². The molecule has 1 aromatic heterocycles. The molecule has 0 radical (unpaired) electrons. The van der Waals surface area contributed by atoms with Gasteiger partial charge in [-0.1, -0.05) is 0 Å². The summed E-state index contributed by atoms with van der Waals surface area (Å²) in [5.74, 6) is 0.242. The molecule has 2 heterocycles. The van der Waals surface area contributed by atoms with Crippen molar-refractivity contribution in [2.75, 3.05) is 33.2 Å². The molecule has 0 spiro atoms. The molecule has 0 N–H and O–H groups in total. The number of likely N-dealkylation sites (N-methyl/N-ethyl adjacent to an activating group) is 1. The van der Waals surface area contributed by atoms with Crippen LogP contribution < -0.4 is 0 Å². The molecule has 1 aromatic rings. The molecule has 0 saturated carbocycles. The lowest BCUT2D eigenvalue weighted by Gasteiger charge is -2.21. The molecule has 1 saturated heterocycles. The van der Waals surface area contributed by atoms with Crippen LogP contribution in [0.25, 0.3) is 0 Å². The molecule has 1 aliphatic heterocycles. The fraction of sp³-hybridized carbons (Fsp3) is 0.667. The summed E-state index contributed by atoms with van der Waals surface area (Å²) in [5, 5.41) is 1.78. The number of rotatable bonds is 6. The topological polar surface area (TPSA) is 40.6 Å². The van der Waals surface area contributed by atoms with Crippen LogP contribution in [0.2, 0.25) is 0 Å². The minimum Gasteiger partial charge on any atom is -0.302 e. The van der Waals surface area contributed by atoms with E-state index in [1.54, 1.807) is 18.5 Å². The first-order valence-corrected chi connectivity index (χ1v) is 9.22. The van der Waals surface area contributed by atoms with E-state index in [1.165, 1.54) is 28.5 Å². The highest BCUT2D eigenvalue weighted by atomic mass is 35.5. The van der Waals surface area contributed by atoms with Crippen molar-refractivity contribution >= 4 is 33.0 Å². The maximum atomic E-state index is 12.4. The molecule has 0 unspecified atom stereocenters. The summed E-state index contributed by atoms with van der Waals surface area (Å²) in [6.45, 7) is 3.49. The summed E-state index contributed by atoms with van der Waals surface area (Å²) in [6, 6.07) is 1.64. The third kappa shape index (κ3) is 3.49. The quantitative estimate of drug-likeness (QED) is 0.754. The summed E-state index contributed by atoms with van der Waals surface area (Å²) in [7, 11) is -1.76. The van der Waals surface area contributed by atoms with Crippen molar-refractivity contribution in [3.05, 3.63) is 16.3 Å². The van der Waals surface area contributed by atoms with Crippen LogP contribution in [0.3, 0.4) is 0 Å². The number of halogens is 1. The summed E-state index contributed by atoms with van der Waals surface area (Å²) in [6.07, 6.45) is 2.44. The Bertz CT molecular complexity index is 510. The normalized spacial score (nSPS) is 17.4. The second-order valence-electron chi connectivity index (χ2n) is 4.72.